The molecule has 206 valence electrons. The fourth-order valence-electron chi connectivity index (χ4n) is 7.41. The molecule has 1 aliphatic heterocycles. The van der Waals surface area contributed by atoms with Crippen molar-refractivity contribution in [3.05, 3.63) is 125 Å². The highest BCUT2D eigenvalue weighted by molar-refractivity contribution is 6.10. The Morgan fingerprint density at radius 1 is 0.833 bits per heavy atom. The second-order valence-electron chi connectivity index (χ2n) is 12.4. The van der Waals surface area contributed by atoms with Crippen LogP contribution in [0.1, 0.15) is 50.3 Å². The molecule has 8 rings (SSSR count). The van der Waals surface area contributed by atoms with Crippen molar-refractivity contribution in [2.45, 2.75) is 45.1 Å². The van der Waals surface area contributed by atoms with Gasteiger partial charge in [0, 0.05) is 35.4 Å². The van der Waals surface area contributed by atoms with Crippen LogP contribution in [-0.2, 0) is 0 Å². The Labute approximate surface area is 248 Å². The summed E-state index contributed by atoms with van der Waals surface area (Å²) in [6, 6.07) is 14.0. The topological polar surface area (TPSA) is 25.2 Å². The third-order valence-corrected chi connectivity index (χ3v) is 9.71. The zero-order valence-electron chi connectivity index (χ0n) is 24.2. The number of nitrogens with zero attached hydrogens (tertiary/aromatic N) is 2. The molecular weight excluding hydrogens is 508 g/mol. The largest absolute Gasteiger partial charge is 0.284 e. The first-order chi connectivity index (χ1) is 20.7. The highest BCUT2D eigenvalue weighted by atomic mass is 14.8. The van der Waals surface area contributed by atoms with Crippen molar-refractivity contribution in [3.8, 4) is 11.1 Å². The van der Waals surface area contributed by atoms with Gasteiger partial charge in [0.05, 0.1) is 11.7 Å². The number of hydrogen-bond acceptors (Lipinski definition) is 2. The molecule has 1 aromatic heterocycles. The van der Waals surface area contributed by atoms with Crippen LogP contribution < -0.4 is 10.4 Å². The molecule has 0 spiro atoms. The van der Waals surface area contributed by atoms with E-state index >= 15 is 0 Å². The standard InChI is InChI=1S/C40H36N2/c1-26-14-15-31(21-28-8-2-5-11-35(26)28)40-36-12-6-3-9-29(36)22-33-20-27(16-18-37(33)40)32-17-19-39(41-24-32)34-23-30-10-4-7-13-38(30)42-25-34/h4-5,7,9-13,15-26,30,35,38H,2-3,6,8,14H2,1H3. The van der Waals surface area contributed by atoms with Gasteiger partial charge in [0.1, 0.15) is 0 Å². The average Bonchev–Trinajstić information content (AvgIpc) is 3.21. The van der Waals surface area contributed by atoms with Crippen LogP contribution in [0.25, 0.3) is 45.2 Å². The van der Waals surface area contributed by atoms with Crippen molar-refractivity contribution in [2.24, 2.45) is 22.7 Å². The minimum Gasteiger partial charge on any atom is -0.284 e. The molecule has 42 heavy (non-hydrogen) atoms. The Kier molecular flexibility index (Phi) is 6.36. The van der Waals surface area contributed by atoms with Crippen LogP contribution in [0.2, 0.25) is 0 Å². The second-order valence-corrected chi connectivity index (χ2v) is 12.4. The van der Waals surface area contributed by atoms with E-state index in [0.29, 0.717) is 17.8 Å². The van der Waals surface area contributed by atoms with Gasteiger partial charge in [-0.3, -0.25) is 9.98 Å². The zero-order chi connectivity index (χ0) is 28.0. The van der Waals surface area contributed by atoms with E-state index in [1.807, 2.05) is 12.4 Å². The van der Waals surface area contributed by atoms with Gasteiger partial charge in [0.15, 0.2) is 0 Å². The van der Waals surface area contributed by atoms with Gasteiger partial charge in [-0.05, 0) is 94.1 Å². The van der Waals surface area contributed by atoms with Gasteiger partial charge in [-0.25, -0.2) is 0 Å². The smallest absolute Gasteiger partial charge is 0.0780 e. The molecule has 5 aliphatic rings. The number of benzene rings is 2. The molecule has 3 aromatic rings. The molecule has 4 aliphatic carbocycles. The fourth-order valence-corrected chi connectivity index (χ4v) is 7.41. The lowest BCUT2D eigenvalue weighted by atomic mass is 9.80. The van der Waals surface area contributed by atoms with Crippen molar-refractivity contribution < 1.29 is 0 Å². The summed E-state index contributed by atoms with van der Waals surface area (Å²) in [5.41, 5.74) is 8.86. The highest BCUT2D eigenvalue weighted by Gasteiger charge is 2.24. The average molecular weight is 545 g/mol. The van der Waals surface area contributed by atoms with Crippen LogP contribution in [0.4, 0.5) is 0 Å². The van der Waals surface area contributed by atoms with Gasteiger partial charge in [0.25, 0.3) is 0 Å². The first kappa shape index (κ1) is 25.4. The molecule has 4 unspecified atom stereocenters. The van der Waals surface area contributed by atoms with E-state index in [-0.39, 0.29) is 6.04 Å². The number of dihydropyridines is 1. The van der Waals surface area contributed by atoms with E-state index in [9.17, 15) is 0 Å². The molecule has 0 saturated heterocycles. The summed E-state index contributed by atoms with van der Waals surface area (Å²) in [6.07, 6.45) is 35.3. The van der Waals surface area contributed by atoms with E-state index in [1.54, 1.807) is 5.57 Å². The summed E-state index contributed by atoms with van der Waals surface area (Å²) in [5, 5.41) is 5.45. The normalized spacial score (nSPS) is 25.7. The van der Waals surface area contributed by atoms with Gasteiger partial charge >= 0.3 is 0 Å². The number of allylic oxidation sites excluding steroid dienone is 9. The predicted molar refractivity (Wildman–Crippen MR) is 178 cm³/mol. The van der Waals surface area contributed by atoms with Crippen molar-refractivity contribution in [3.63, 3.8) is 0 Å². The summed E-state index contributed by atoms with van der Waals surface area (Å²) in [5.74, 6) is 1.53. The number of rotatable bonds is 3. The van der Waals surface area contributed by atoms with Crippen LogP contribution in [0, 0.1) is 17.8 Å². The van der Waals surface area contributed by atoms with Crippen molar-refractivity contribution >= 4 is 40.3 Å². The first-order valence-corrected chi connectivity index (χ1v) is 15.6. The number of aromatic nitrogens is 1. The molecule has 4 atom stereocenters. The lowest BCUT2D eigenvalue weighted by molar-refractivity contribution is 0.468. The maximum atomic E-state index is 4.88. The lowest BCUT2D eigenvalue weighted by Gasteiger charge is -2.24. The predicted octanol–water partition coefficient (Wildman–Crippen LogP) is 8.15. The lowest BCUT2D eigenvalue weighted by Crippen LogP contribution is -2.30. The Balaban J connectivity index is 1.19. The minimum absolute atomic E-state index is 0.218. The van der Waals surface area contributed by atoms with Crippen LogP contribution in [0.5, 0.6) is 0 Å². The molecule has 2 heterocycles. The molecule has 2 nitrogen and oxygen atoms in total. The number of pyridine rings is 1. The van der Waals surface area contributed by atoms with Gasteiger partial charge in [-0.1, -0.05) is 97.5 Å². The van der Waals surface area contributed by atoms with Crippen LogP contribution in [0.3, 0.4) is 0 Å². The van der Waals surface area contributed by atoms with Crippen LogP contribution in [0.15, 0.2) is 108 Å². The fraction of sp³-hybridized carbons (Fsp3) is 0.250. The summed E-state index contributed by atoms with van der Waals surface area (Å²) >= 11 is 0. The molecule has 0 amide bonds. The molecular formula is C40H36N2. The Morgan fingerprint density at radius 3 is 2.67 bits per heavy atom. The summed E-state index contributed by atoms with van der Waals surface area (Å²) in [4.78, 5) is 9.63. The molecule has 0 N–H and O–H groups in total. The van der Waals surface area contributed by atoms with E-state index in [4.69, 9.17) is 9.98 Å². The minimum atomic E-state index is 0.218. The number of fused-ring (bicyclic) bond motifs is 4. The molecule has 0 bridgehead atoms. The Bertz CT molecular complexity index is 1920. The van der Waals surface area contributed by atoms with E-state index in [2.05, 4.69) is 110 Å². The highest BCUT2D eigenvalue weighted by Crippen LogP contribution is 2.38. The quantitative estimate of drug-likeness (QED) is 0.306. The van der Waals surface area contributed by atoms with Crippen molar-refractivity contribution in [1.82, 2.24) is 4.98 Å². The van der Waals surface area contributed by atoms with Crippen LogP contribution >= 0.6 is 0 Å². The van der Waals surface area contributed by atoms with Gasteiger partial charge in [0.2, 0.25) is 0 Å². The van der Waals surface area contributed by atoms with E-state index in [1.165, 1.54) is 44.3 Å². The van der Waals surface area contributed by atoms with Crippen LogP contribution in [-0.4, -0.2) is 17.2 Å². The van der Waals surface area contributed by atoms with E-state index in [0.717, 1.165) is 42.5 Å². The monoisotopic (exact) mass is 544 g/mol. The van der Waals surface area contributed by atoms with Crippen molar-refractivity contribution in [2.75, 3.05) is 0 Å². The number of aliphatic imine (C=N–C) groups is 1. The van der Waals surface area contributed by atoms with Gasteiger partial charge < -0.3 is 0 Å². The van der Waals surface area contributed by atoms with E-state index < -0.39 is 0 Å². The molecule has 2 aromatic carbocycles. The molecule has 0 saturated carbocycles. The third-order valence-electron chi connectivity index (χ3n) is 9.71. The molecule has 0 radical (unpaired) electrons. The SMILES string of the molecule is CC1CC=C(c2c3c(cc4cc(-c5ccc(C6=CC7C=CC=CC7N=C6)nc5)ccc24)=CCCC=3)C=C2CCC=CC21. The Morgan fingerprint density at radius 2 is 1.74 bits per heavy atom. The zero-order valence-corrected chi connectivity index (χ0v) is 24.2. The third kappa shape index (κ3) is 4.50. The second kappa shape index (κ2) is 10.5. The van der Waals surface area contributed by atoms with Gasteiger partial charge in [-0.15, -0.1) is 0 Å². The molecule has 0 fully saturated rings. The van der Waals surface area contributed by atoms with Gasteiger partial charge in [-0.2, -0.15) is 0 Å². The summed E-state index contributed by atoms with van der Waals surface area (Å²) in [7, 11) is 0. The maximum Gasteiger partial charge on any atom is 0.0780 e. The van der Waals surface area contributed by atoms with Crippen molar-refractivity contribution in [1.29, 1.82) is 0 Å². The summed E-state index contributed by atoms with van der Waals surface area (Å²) in [6.45, 7) is 2.41. The number of hydrogen-bond donors (Lipinski definition) is 0. The first-order valence-electron chi connectivity index (χ1n) is 15.6. The maximum absolute atomic E-state index is 4.88. The Hall–Kier alpha value is -4.30. The summed E-state index contributed by atoms with van der Waals surface area (Å²) < 4.78 is 0. The molecule has 2 heteroatoms.